The maximum Gasteiger partial charge on any atom is 0.259 e. The van der Waals surface area contributed by atoms with Crippen LogP contribution in [0, 0.1) is 18.3 Å². The van der Waals surface area contributed by atoms with Gasteiger partial charge in [0.1, 0.15) is 28.9 Å². The number of aromatic nitrogens is 1. The molecule has 0 spiro atoms. The lowest BCUT2D eigenvalue weighted by atomic mass is 9.88. The van der Waals surface area contributed by atoms with Crippen molar-refractivity contribution in [2.45, 2.75) is 19.4 Å². The number of nitrogens with zero attached hydrogens (tertiary/aromatic N) is 2. The van der Waals surface area contributed by atoms with E-state index in [1.807, 2.05) is 6.07 Å². The number of furan rings is 2. The summed E-state index contributed by atoms with van der Waals surface area (Å²) >= 11 is 0. The predicted octanol–water partition coefficient (Wildman–Crippen LogP) is 2.61. The van der Waals surface area contributed by atoms with Gasteiger partial charge in [-0.15, -0.1) is 0 Å². The summed E-state index contributed by atoms with van der Waals surface area (Å²) in [6.07, 6.45) is 3.05. The van der Waals surface area contributed by atoms with Gasteiger partial charge in [-0.2, -0.15) is 5.26 Å². The zero-order chi connectivity index (χ0) is 18.3. The highest BCUT2D eigenvalue weighted by Crippen LogP contribution is 2.40. The lowest BCUT2D eigenvalue weighted by Crippen LogP contribution is -2.32. The van der Waals surface area contributed by atoms with Crippen LogP contribution in [0.5, 0.6) is 5.75 Å². The quantitative estimate of drug-likeness (QED) is 0.779. The van der Waals surface area contributed by atoms with E-state index in [-0.39, 0.29) is 23.6 Å². The molecule has 26 heavy (non-hydrogen) atoms. The first-order valence-corrected chi connectivity index (χ1v) is 7.98. The van der Waals surface area contributed by atoms with E-state index >= 15 is 0 Å². The first-order chi connectivity index (χ1) is 12.6. The topological polar surface area (TPSA) is 107 Å². The smallest absolute Gasteiger partial charge is 0.259 e. The first-order valence-electron chi connectivity index (χ1n) is 7.98. The van der Waals surface area contributed by atoms with Crippen molar-refractivity contribution < 1.29 is 13.6 Å². The molecule has 0 fully saturated rings. The molecular formula is C19H15N3O4. The molecule has 0 radical (unpaired) electrons. The first kappa shape index (κ1) is 15.8. The number of nitriles is 1. The third kappa shape index (κ3) is 2.40. The third-order valence-electron chi connectivity index (χ3n) is 4.41. The average Bonchev–Trinajstić information content (AvgIpc) is 3.31. The molecule has 1 aliphatic rings. The van der Waals surface area contributed by atoms with Crippen molar-refractivity contribution in [3.8, 4) is 11.8 Å². The van der Waals surface area contributed by atoms with E-state index in [2.05, 4.69) is 0 Å². The van der Waals surface area contributed by atoms with Crippen molar-refractivity contribution in [2.75, 3.05) is 0 Å². The van der Waals surface area contributed by atoms with Crippen molar-refractivity contribution in [1.29, 1.82) is 5.26 Å². The third-order valence-corrected chi connectivity index (χ3v) is 4.41. The molecule has 0 saturated carbocycles. The van der Waals surface area contributed by atoms with E-state index in [0.717, 1.165) is 0 Å². The van der Waals surface area contributed by atoms with Crippen LogP contribution in [0.25, 0.3) is 0 Å². The molecule has 0 bridgehead atoms. The summed E-state index contributed by atoms with van der Waals surface area (Å²) in [5, 5.41) is 9.55. The molecule has 4 heterocycles. The molecule has 0 unspecified atom stereocenters. The monoisotopic (exact) mass is 349 g/mol. The van der Waals surface area contributed by atoms with Crippen LogP contribution in [-0.4, -0.2) is 4.57 Å². The average molecular weight is 349 g/mol. The second kappa shape index (κ2) is 6.01. The van der Waals surface area contributed by atoms with Gasteiger partial charge in [-0.3, -0.25) is 4.79 Å². The summed E-state index contributed by atoms with van der Waals surface area (Å²) in [5.74, 6) is 0.705. The molecule has 4 rings (SSSR count). The van der Waals surface area contributed by atoms with Crippen LogP contribution in [0.3, 0.4) is 0 Å². The van der Waals surface area contributed by atoms with Gasteiger partial charge in [-0.05, 0) is 31.2 Å². The van der Waals surface area contributed by atoms with E-state index in [4.69, 9.17) is 19.3 Å². The predicted molar refractivity (Wildman–Crippen MR) is 91.3 cm³/mol. The number of hydrogen-bond acceptors (Lipinski definition) is 6. The molecule has 1 atom stereocenters. The standard InChI is InChI=1S/C19H15N3O4/c1-11-8-15-17(19(23)22(11)10-12-4-2-6-24-12)16(14-5-3-7-25-14)13(9-20)18(21)26-15/h2-8,16H,10,21H2,1H3/t16-/m1/s1. The molecule has 0 aromatic carbocycles. The number of allylic oxidation sites excluding steroid dienone is 1. The molecule has 0 saturated heterocycles. The molecule has 0 aliphatic carbocycles. The summed E-state index contributed by atoms with van der Waals surface area (Å²) in [7, 11) is 0. The van der Waals surface area contributed by atoms with E-state index in [0.29, 0.717) is 28.5 Å². The second-order valence-electron chi connectivity index (χ2n) is 5.97. The van der Waals surface area contributed by atoms with Crippen molar-refractivity contribution in [3.63, 3.8) is 0 Å². The van der Waals surface area contributed by atoms with Gasteiger partial charge in [0.2, 0.25) is 5.88 Å². The molecule has 3 aromatic heterocycles. The minimum absolute atomic E-state index is 0.0241. The van der Waals surface area contributed by atoms with Crippen molar-refractivity contribution in [2.24, 2.45) is 5.73 Å². The Morgan fingerprint density at radius 1 is 1.27 bits per heavy atom. The summed E-state index contributed by atoms with van der Waals surface area (Å²) < 4.78 is 18.0. The Morgan fingerprint density at radius 3 is 2.69 bits per heavy atom. The van der Waals surface area contributed by atoms with Crippen LogP contribution >= 0.6 is 0 Å². The fourth-order valence-corrected chi connectivity index (χ4v) is 3.18. The van der Waals surface area contributed by atoms with E-state index < -0.39 is 5.92 Å². The van der Waals surface area contributed by atoms with Crippen LogP contribution in [0.2, 0.25) is 0 Å². The van der Waals surface area contributed by atoms with Crippen LogP contribution < -0.4 is 16.0 Å². The highest BCUT2D eigenvalue weighted by atomic mass is 16.5. The fraction of sp³-hybridized carbons (Fsp3) is 0.158. The normalized spacial score (nSPS) is 16.1. The summed E-state index contributed by atoms with van der Waals surface area (Å²) in [4.78, 5) is 13.3. The number of rotatable bonds is 3. The molecule has 3 aromatic rings. The largest absolute Gasteiger partial charge is 0.468 e. The van der Waals surface area contributed by atoms with E-state index in [1.54, 1.807) is 48.1 Å². The van der Waals surface area contributed by atoms with Gasteiger partial charge in [0, 0.05) is 11.8 Å². The Labute approximate surface area is 148 Å². The van der Waals surface area contributed by atoms with Crippen LogP contribution in [0.4, 0.5) is 0 Å². The number of aryl methyl sites for hydroxylation is 1. The molecule has 0 amide bonds. The maximum atomic E-state index is 13.3. The molecule has 7 heteroatoms. The van der Waals surface area contributed by atoms with Gasteiger partial charge in [0.15, 0.2) is 0 Å². The van der Waals surface area contributed by atoms with Gasteiger partial charge in [-0.1, -0.05) is 0 Å². The van der Waals surface area contributed by atoms with Gasteiger partial charge in [-0.25, -0.2) is 0 Å². The fourth-order valence-electron chi connectivity index (χ4n) is 3.18. The summed E-state index contributed by atoms with van der Waals surface area (Å²) in [6.45, 7) is 2.08. The van der Waals surface area contributed by atoms with Gasteiger partial charge in [0.25, 0.3) is 5.56 Å². The maximum absolute atomic E-state index is 13.3. The molecule has 130 valence electrons. The minimum Gasteiger partial charge on any atom is -0.468 e. The molecule has 7 nitrogen and oxygen atoms in total. The Bertz CT molecular complexity index is 1080. The Balaban J connectivity index is 1.94. The number of fused-ring (bicyclic) bond motifs is 1. The van der Waals surface area contributed by atoms with Crippen LogP contribution in [-0.2, 0) is 6.54 Å². The highest BCUT2D eigenvalue weighted by molar-refractivity contribution is 5.53. The summed E-state index contributed by atoms with van der Waals surface area (Å²) in [6, 6.07) is 10.7. The zero-order valence-electron chi connectivity index (χ0n) is 13.9. The van der Waals surface area contributed by atoms with Crippen molar-refractivity contribution >= 4 is 0 Å². The zero-order valence-corrected chi connectivity index (χ0v) is 13.9. The number of hydrogen-bond donors (Lipinski definition) is 1. The lowest BCUT2D eigenvalue weighted by molar-refractivity contribution is 0.378. The number of ether oxygens (including phenoxy) is 1. The van der Waals surface area contributed by atoms with E-state index in [9.17, 15) is 10.1 Å². The molecule has 2 N–H and O–H groups in total. The SMILES string of the molecule is Cc1cc2c(c(=O)n1Cc1ccco1)[C@@H](c1ccco1)C(C#N)=C(N)O2. The van der Waals surface area contributed by atoms with Crippen LogP contribution in [0.15, 0.2) is 67.9 Å². The molecule has 1 aliphatic heterocycles. The van der Waals surface area contributed by atoms with Crippen LogP contribution in [0.1, 0.15) is 28.7 Å². The van der Waals surface area contributed by atoms with Gasteiger partial charge in [0.05, 0.1) is 30.6 Å². The van der Waals surface area contributed by atoms with E-state index in [1.165, 1.54) is 6.26 Å². The summed E-state index contributed by atoms with van der Waals surface area (Å²) in [5.41, 5.74) is 6.80. The Kier molecular flexibility index (Phi) is 3.66. The van der Waals surface area contributed by atoms with Gasteiger partial charge >= 0.3 is 0 Å². The Morgan fingerprint density at radius 2 is 2.04 bits per heavy atom. The second-order valence-corrected chi connectivity index (χ2v) is 5.97. The minimum atomic E-state index is -0.713. The van der Waals surface area contributed by atoms with Gasteiger partial charge < -0.3 is 23.9 Å². The highest BCUT2D eigenvalue weighted by Gasteiger charge is 2.36. The van der Waals surface area contributed by atoms with Crippen molar-refractivity contribution in [1.82, 2.24) is 4.57 Å². The number of nitrogens with two attached hydrogens (primary N) is 1. The lowest BCUT2D eigenvalue weighted by Gasteiger charge is -2.25. The molecular weight excluding hydrogens is 334 g/mol. The number of pyridine rings is 1. The Hall–Kier alpha value is -3.66. The van der Waals surface area contributed by atoms with Crippen molar-refractivity contribution in [3.05, 3.63) is 87.4 Å².